The maximum atomic E-state index is 13.2. The summed E-state index contributed by atoms with van der Waals surface area (Å²) >= 11 is 1.28. The van der Waals surface area contributed by atoms with E-state index in [4.69, 9.17) is 4.98 Å². The van der Waals surface area contributed by atoms with E-state index < -0.39 is 0 Å². The molecule has 4 rings (SSSR count). The van der Waals surface area contributed by atoms with Crippen LogP contribution in [-0.2, 0) is 11.3 Å². The average Bonchev–Trinajstić information content (AvgIpc) is 2.79. The quantitative estimate of drug-likeness (QED) is 0.333. The molecule has 1 N–H and O–H groups in total. The van der Waals surface area contributed by atoms with Gasteiger partial charge in [-0.2, -0.15) is 0 Å². The summed E-state index contributed by atoms with van der Waals surface area (Å²) in [5.74, 6) is 0.0273. The normalized spacial score (nSPS) is 11.0. The van der Waals surface area contributed by atoms with Crippen LogP contribution < -0.4 is 10.9 Å². The Bertz CT molecular complexity index is 1340. The van der Waals surface area contributed by atoms with Gasteiger partial charge in [0.15, 0.2) is 5.16 Å². The summed E-state index contributed by atoms with van der Waals surface area (Å²) in [6.45, 7) is 6.44. The average molecular weight is 444 g/mol. The molecule has 0 aliphatic heterocycles. The lowest BCUT2D eigenvalue weighted by molar-refractivity contribution is -0.113. The molecule has 0 aliphatic carbocycles. The van der Waals surface area contributed by atoms with Gasteiger partial charge >= 0.3 is 0 Å². The number of nitrogens with zero attached hydrogens (tertiary/aromatic N) is 2. The maximum absolute atomic E-state index is 13.2. The van der Waals surface area contributed by atoms with Crippen LogP contribution in [0.5, 0.6) is 0 Å². The molecule has 0 spiro atoms. The summed E-state index contributed by atoms with van der Waals surface area (Å²) in [5, 5.41) is 4.08. The highest BCUT2D eigenvalue weighted by atomic mass is 32.2. The number of anilines is 1. The molecular formula is C26H25N3O2S. The van der Waals surface area contributed by atoms with Crippen molar-refractivity contribution in [1.82, 2.24) is 9.55 Å². The first kappa shape index (κ1) is 21.8. The van der Waals surface area contributed by atoms with Gasteiger partial charge in [-0.1, -0.05) is 65.9 Å². The lowest BCUT2D eigenvalue weighted by atomic mass is 10.1. The number of carbonyl (C=O) groups is 1. The number of benzene rings is 3. The molecule has 162 valence electrons. The summed E-state index contributed by atoms with van der Waals surface area (Å²) in [5.41, 5.74) is 5.68. The topological polar surface area (TPSA) is 64.0 Å². The molecule has 32 heavy (non-hydrogen) atoms. The monoisotopic (exact) mass is 443 g/mol. The molecule has 1 heterocycles. The third-order valence-corrected chi connectivity index (χ3v) is 6.48. The molecular weight excluding hydrogens is 418 g/mol. The van der Waals surface area contributed by atoms with Gasteiger partial charge in [0.1, 0.15) is 0 Å². The van der Waals surface area contributed by atoms with Gasteiger partial charge in [-0.05, 0) is 55.7 Å². The lowest BCUT2D eigenvalue weighted by Crippen LogP contribution is -2.25. The predicted molar refractivity (Wildman–Crippen MR) is 132 cm³/mol. The molecule has 0 radical (unpaired) electrons. The second kappa shape index (κ2) is 9.40. The molecule has 3 aromatic carbocycles. The zero-order valence-electron chi connectivity index (χ0n) is 18.4. The van der Waals surface area contributed by atoms with Crippen molar-refractivity contribution >= 4 is 34.3 Å². The zero-order valence-corrected chi connectivity index (χ0v) is 19.2. The Hall–Kier alpha value is -3.38. The van der Waals surface area contributed by atoms with Crippen molar-refractivity contribution < 1.29 is 4.79 Å². The van der Waals surface area contributed by atoms with Crippen LogP contribution in [-0.4, -0.2) is 21.2 Å². The number of hydrogen-bond acceptors (Lipinski definition) is 4. The van der Waals surface area contributed by atoms with E-state index in [1.54, 1.807) is 10.6 Å². The van der Waals surface area contributed by atoms with Crippen LogP contribution in [0.15, 0.2) is 76.7 Å². The highest BCUT2D eigenvalue weighted by molar-refractivity contribution is 7.99. The van der Waals surface area contributed by atoms with E-state index in [0.717, 1.165) is 27.9 Å². The standard InChI is InChI=1S/C26H25N3O2S/c1-17-11-13-20(14-12-17)15-29-25(31)21-8-4-5-9-23(21)28-26(29)32-16-24(30)27-22-10-6-7-18(2)19(22)3/h4-14H,15-16H2,1-3H3,(H,27,30). The highest BCUT2D eigenvalue weighted by Gasteiger charge is 2.14. The minimum Gasteiger partial charge on any atom is -0.325 e. The van der Waals surface area contributed by atoms with Crippen molar-refractivity contribution in [2.45, 2.75) is 32.5 Å². The van der Waals surface area contributed by atoms with Gasteiger partial charge in [-0.15, -0.1) is 0 Å². The van der Waals surface area contributed by atoms with E-state index >= 15 is 0 Å². The number of nitrogens with one attached hydrogen (secondary N) is 1. The number of aromatic nitrogens is 2. The third-order valence-electron chi connectivity index (χ3n) is 5.50. The first-order valence-corrected chi connectivity index (χ1v) is 11.4. The van der Waals surface area contributed by atoms with Crippen molar-refractivity contribution in [3.05, 3.63) is 99.3 Å². The Kier molecular flexibility index (Phi) is 6.42. The summed E-state index contributed by atoms with van der Waals surface area (Å²) in [4.78, 5) is 30.6. The molecule has 0 saturated carbocycles. The molecule has 4 aromatic rings. The van der Waals surface area contributed by atoms with E-state index in [9.17, 15) is 9.59 Å². The van der Waals surface area contributed by atoms with Crippen molar-refractivity contribution in [2.24, 2.45) is 0 Å². The van der Waals surface area contributed by atoms with Crippen molar-refractivity contribution in [1.29, 1.82) is 0 Å². The fourth-order valence-electron chi connectivity index (χ4n) is 3.48. The van der Waals surface area contributed by atoms with Crippen LogP contribution in [0, 0.1) is 20.8 Å². The summed E-state index contributed by atoms with van der Waals surface area (Å²) in [6, 6.07) is 21.2. The summed E-state index contributed by atoms with van der Waals surface area (Å²) < 4.78 is 1.66. The van der Waals surface area contributed by atoms with E-state index in [1.165, 1.54) is 11.8 Å². The summed E-state index contributed by atoms with van der Waals surface area (Å²) in [7, 11) is 0. The number of amides is 1. The Labute approximate surface area is 191 Å². The van der Waals surface area contributed by atoms with Crippen LogP contribution in [0.2, 0.25) is 0 Å². The van der Waals surface area contributed by atoms with Crippen molar-refractivity contribution in [3.8, 4) is 0 Å². The number of thioether (sulfide) groups is 1. The minimum atomic E-state index is -0.131. The molecule has 0 unspecified atom stereocenters. The number of aryl methyl sites for hydroxylation is 2. The molecule has 1 aromatic heterocycles. The smallest absolute Gasteiger partial charge is 0.262 e. The lowest BCUT2D eigenvalue weighted by Gasteiger charge is -2.14. The molecule has 6 heteroatoms. The van der Waals surface area contributed by atoms with Crippen LogP contribution in [0.25, 0.3) is 10.9 Å². The third kappa shape index (κ3) is 4.75. The zero-order chi connectivity index (χ0) is 22.7. The Balaban J connectivity index is 1.61. The van der Waals surface area contributed by atoms with Crippen molar-refractivity contribution in [2.75, 3.05) is 11.1 Å². The van der Waals surface area contributed by atoms with Crippen LogP contribution >= 0.6 is 11.8 Å². The fourth-order valence-corrected chi connectivity index (χ4v) is 4.27. The van der Waals surface area contributed by atoms with Gasteiger partial charge in [-0.3, -0.25) is 14.2 Å². The maximum Gasteiger partial charge on any atom is 0.262 e. The number of hydrogen-bond donors (Lipinski definition) is 1. The van der Waals surface area contributed by atoms with Crippen LogP contribution in [0.3, 0.4) is 0 Å². The van der Waals surface area contributed by atoms with Crippen molar-refractivity contribution in [3.63, 3.8) is 0 Å². The second-order valence-electron chi connectivity index (χ2n) is 7.87. The Morgan fingerprint density at radius 1 is 0.969 bits per heavy atom. The second-order valence-corrected chi connectivity index (χ2v) is 8.82. The molecule has 1 amide bonds. The van der Waals surface area contributed by atoms with E-state index in [2.05, 4.69) is 5.32 Å². The van der Waals surface area contributed by atoms with Crippen LogP contribution in [0.4, 0.5) is 5.69 Å². The van der Waals surface area contributed by atoms with E-state index in [0.29, 0.717) is 22.6 Å². The summed E-state index contributed by atoms with van der Waals surface area (Å²) in [6.07, 6.45) is 0. The van der Waals surface area contributed by atoms with Crippen LogP contribution in [0.1, 0.15) is 22.3 Å². The number of rotatable bonds is 6. The van der Waals surface area contributed by atoms with E-state index in [1.807, 2.05) is 81.4 Å². The first-order chi connectivity index (χ1) is 15.4. The predicted octanol–water partition coefficient (Wildman–Crippen LogP) is 5.10. The number of fused-ring (bicyclic) bond motifs is 1. The van der Waals surface area contributed by atoms with Gasteiger partial charge in [-0.25, -0.2) is 4.98 Å². The van der Waals surface area contributed by atoms with Gasteiger partial charge < -0.3 is 5.32 Å². The van der Waals surface area contributed by atoms with E-state index in [-0.39, 0.29) is 17.2 Å². The largest absolute Gasteiger partial charge is 0.325 e. The molecule has 0 bridgehead atoms. The van der Waals surface area contributed by atoms with Gasteiger partial charge in [0.05, 0.1) is 23.2 Å². The molecule has 0 aliphatic rings. The first-order valence-electron chi connectivity index (χ1n) is 10.5. The molecule has 0 atom stereocenters. The molecule has 0 saturated heterocycles. The SMILES string of the molecule is Cc1ccc(Cn2c(SCC(=O)Nc3cccc(C)c3C)nc3ccccc3c2=O)cc1. The Morgan fingerprint density at radius 3 is 2.50 bits per heavy atom. The van der Waals surface area contributed by atoms with Gasteiger partial charge in [0.2, 0.25) is 5.91 Å². The minimum absolute atomic E-state index is 0.103. The fraction of sp³-hybridized carbons (Fsp3) is 0.192. The van der Waals surface area contributed by atoms with Gasteiger partial charge in [0, 0.05) is 5.69 Å². The molecule has 5 nitrogen and oxygen atoms in total. The highest BCUT2D eigenvalue weighted by Crippen LogP contribution is 2.21. The Morgan fingerprint density at radius 2 is 1.72 bits per heavy atom. The molecule has 0 fully saturated rings. The number of para-hydroxylation sites is 1. The van der Waals surface area contributed by atoms with Gasteiger partial charge in [0.25, 0.3) is 5.56 Å². The number of carbonyl (C=O) groups excluding carboxylic acids is 1.